The summed E-state index contributed by atoms with van der Waals surface area (Å²) < 4.78 is 0. The first kappa shape index (κ1) is 11.0. The Bertz CT molecular complexity index is 491. The molecule has 0 aliphatic heterocycles. The van der Waals surface area contributed by atoms with Crippen LogP contribution < -0.4 is 10.2 Å². The van der Waals surface area contributed by atoms with Gasteiger partial charge in [0.05, 0.1) is 11.9 Å². The summed E-state index contributed by atoms with van der Waals surface area (Å²) in [4.78, 5) is 17.6. The van der Waals surface area contributed by atoms with Crippen LogP contribution in [0.4, 0.5) is 11.5 Å². The van der Waals surface area contributed by atoms with E-state index in [1.165, 1.54) is 0 Å². The molecule has 0 aliphatic rings. The lowest BCUT2D eigenvalue weighted by Crippen LogP contribution is -2.15. The number of pyridine rings is 1. The SMILES string of the molecule is CN(C)c1ccc(NC(=O)c2nn[nH]n2)cn1. The van der Waals surface area contributed by atoms with Crippen molar-refractivity contribution in [3.63, 3.8) is 0 Å². The molecule has 1 amide bonds. The lowest BCUT2D eigenvalue weighted by atomic mass is 10.4. The molecule has 8 heteroatoms. The van der Waals surface area contributed by atoms with Gasteiger partial charge in [-0.1, -0.05) is 0 Å². The minimum absolute atomic E-state index is 0.0123. The topological polar surface area (TPSA) is 99.7 Å². The summed E-state index contributed by atoms with van der Waals surface area (Å²) in [7, 11) is 3.78. The van der Waals surface area contributed by atoms with Crippen molar-refractivity contribution < 1.29 is 4.79 Å². The average Bonchev–Trinajstić information content (AvgIpc) is 2.83. The van der Waals surface area contributed by atoms with Gasteiger partial charge in [-0.15, -0.1) is 10.2 Å². The molecule has 0 atom stereocenters. The van der Waals surface area contributed by atoms with Crippen LogP contribution in [0.1, 0.15) is 10.6 Å². The van der Waals surface area contributed by atoms with Crippen molar-refractivity contribution in [3.05, 3.63) is 24.2 Å². The second-order valence-electron chi connectivity index (χ2n) is 3.49. The molecule has 8 nitrogen and oxygen atoms in total. The number of tetrazole rings is 1. The highest BCUT2D eigenvalue weighted by Gasteiger charge is 2.10. The zero-order chi connectivity index (χ0) is 12.3. The van der Waals surface area contributed by atoms with Crippen LogP contribution in [0.2, 0.25) is 0 Å². The first-order valence-electron chi connectivity index (χ1n) is 4.85. The molecule has 2 rings (SSSR count). The number of H-pyrrole nitrogens is 1. The summed E-state index contributed by atoms with van der Waals surface area (Å²) in [6.07, 6.45) is 1.56. The summed E-state index contributed by atoms with van der Waals surface area (Å²) in [6, 6.07) is 3.55. The monoisotopic (exact) mass is 233 g/mol. The predicted octanol–water partition coefficient (Wildman–Crippen LogP) is -0.0870. The van der Waals surface area contributed by atoms with Crippen LogP contribution >= 0.6 is 0 Å². The minimum atomic E-state index is -0.432. The van der Waals surface area contributed by atoms with E-state index < -0.39 is 5.91 Å². The minimum Gasteiger partial charge on any atom is -0.363 e. The van der Waals surface area contributed by atoms with Gasteiger partial charge in [0.2, 0.25) is 0 Å². The molecule has 0 spiro atoms. The van der Waals surface area contributed by atoms with Crippen molar-refractivity contribution >= 4 is 17.4 Å². The maximum absolute atomic E-state index is 11.6. The molecule has 0 unspecified atom stereocenters. The third-order valence-corrected chi connectivity index (χ3v) is 2.01. The fourth-order valence-electron chi connectivity index (χ4n) is 1.17. The van der Waals surface area contributed by atoms with E-state index in [0.29, 0.717) is 5.69 Å². The van der Waals surface area contributed by atoms with Gasteiger partial charge >= 0.3 is 0 Å². The normalized spacial score (nSPS) is 10.0. The molecule has 0 aromatic carbocycles. The fourth-order valence-corrected chi connectivity index (χ4v) is 1.17. The molecule has 17 heavy (non-hydrogen) atoms. The first-order chi connectivity index (χ1) is 8.16. The number of anilines is 2. The Morgan fingerprint density at radius 3 is 2.76 bits per heavy atom. The van der Waals surface area contributed by atoms with Gasteiger partial charge in [0.15, 0.2) is 0 Å². The Labute approximate surface area is 97.0 Å². The van der Waals surface area contributed by atoms with Gasteiger partial charge in [-0.05, 0) is 17.3 Å². The molecule has 0 bridgehead atoms. The predicted molar refractivity (Wildman–Crippen MR) is 60.7 cm³/mol. The average molecular weight is 233 g/mol. The summed E-state index contributed by atoms with van der Waals surface area (Å²) in [6.45, 7) is 0. The number of rotatable bonds is 3. The quantitative estimate of drug-likeness (QED) is 0.768. The summed E-state index contributed by atoms with van der Waals surface area (Å²) in [5, 5.41) is 15.3. The van der Waals surface area contributed by atoms with Gasteiger partial charge in [0.1, 0.15) is 5.82 Å². The third-order valence-electron chi connectivity index (χ3n) is 2.01. The number of hydrogen-bond donors (Lipinski definition) is 2. The molecule has 0 saturated heterocycles. The molecule has 0 saturated carbocycles. The van der Waals surface area contributed by atoms with E-state index in [2.05, 4.69) is 30.9 Å². The van der Waals surface area contributed by atoms with E-state index in [1.54, 1.807) is 18.3 Å². The van der Waals surface area contributed by atoms with Crippen LogP contribution in [0.25, 0.3) is 0 Å². The zero-order valence-corrected chi connectivity index (χ0v) is 9.38. The molecule has 0 aliphatic carbocycles. The van der Waals surface area contributed by atoms with Crippen molar-refractivity contribution in [3.8, 4) is 0 Å². The van der Waals surface area contributed by atoms with Crippen molar-refractivity contribution in [1.82, 2.24) is 25.6 Å². The molecule has 0 radical (unpaired) electrons. The van der Waals surface area contributed by atoms with Gasteiger partial charge in [-0.2, -0.15) is 5.21 Å². The van der Waals surface area contributed by atoms with Gasteiger partial charge in [0.25, 0.3) is 11.7 Å². The van der Waals surface area contributed by atoms with Crippen molar-refractivity contribution in [2.24, 2.45) is 0 Å². The standard InChI is InChI=1S/C9H11N7O/c1-16(2)7-4-3-6(5-10-7)11-9(17)8-12-14-15-13-8/h3-5H,1-2H3,(H,11,17)(H,12,13,14,15). The molecule has 2 aromatic rings. The number of carbonyl (C=O) groups is 1. The van der Waals surface area contributed by atoms with Crippen LogP contribution in [0, 0.1) is 0 Å². The Hall–Kier alpha value is -2.51. The van der Waals surface area contributed by atoms with Gasteiger partial charge in [0, 0.05) is 14.1 Å². The molecule has 0 fully saturated rings. The number of nitrogens with zero attached hydrogens (tertiary/aromatic N) is 5. The van der Waals surface area contributed by atoms with E-state index in [0.717, 1.165) is 5.82 Å². The van der Waals surface area contributed by atoms with Gasteiger partial charge in [-0.3, -0.25) is 4.79 Å². The van der Waals surface area contributed by atoms with Crippen LogP contribution in [0.15, 0.2) is 18.3 Å². The highest BCUT2D eigenvalue weighted by Crippen LogP contribution is 2.11. The molecular formula is C9H11N7O. The highest BCUT2D eigenvalue weighted by molar-refractivity contribution is 6.01. The molecule has 2 N–H and O–H groups in total. The number of aromatic amines is 1. The highest BCUT2D eigenvalue weighted by atomic mass is 16.2. The number of amides is 1. The largest absolute Gasteiger partial charge is 0.363 e. The van der Waals surface area contributed by atoms with E-state index in [1.807, 2.05) is 19.0 Å². The summed E-state index contributed by atoms with van der Waals surface area (Å²) in [5.74, 6) is 0.363. The molecule has 88 valence electrons. The molecule has 2 aromatic heterocycles. The van der Waals surface area contributed by atoms with Crippen LogP contribution in [-0.2, 0) is 0 Å². The van der Waals surface area contributed by atoms with E-state index in [4.69, 9.17) is 0 Å². The Morgan fingerprint density at radius 1 is 1.41 bits per heavy atom. The van der Waals surface area contributed by atoms with Crippen molar-refractivity contribution in [2.45, 2.75) is 0 Å². The van der Waals surface area contributed by atoms with Crippen LogP contribution in [0.5, 0.6) is 0 Å². The zero-order valence-electron chi connectivity index (χ0n) is 9.38. The van der Waals surface area contributed by atoms with Crippen LogP contribution in [0.3, 0.4) is 0 Å². The summed E-state index contributed by atoms with van der Waals surface area (Å²) >= 11 is 0. The van der Waals surface area contributed by atoms with Gasteiger partial charge < -0.3 is 10.2 Å². The maximum Gasteiger partial charge on any atom is 0.297 e. The number of hydrogen-bond acceptors (Lipinski definition) is 6. The van der Waals surface area contributed by atoms with E-state index in [9.17, 15) is 4.79 Å². The second kappa shape index (κ2) is 4.56. The van der Waals surface area contributed by atoms with E-state index in [-0.39, 0.29) is 5.82 Å². The number of nitrogens with one attached hydrogen (secondary N) is 2. The number of carbonyl (C=O) groups excluding carboxylic acids is 1. The lowest BCUT2D eigenvalue weighted by molar-refractivity contribution is 0.101. The molecule has 2 heterocycles. The first-order valence-corrected chi connectivity index (χ1v) is 4.85. The summed E-state index contributed by atoms with van der Waals surface area (Å²) in [5.41, 5.74) is 0.574. The smallest absolute Gasteiger partial charge is 0.297 e. The van der Waals surface area contributed by atoms with Crippen molar-refractivity contribution in [2.75, 3.05) is 24.3 Å². The van der Waals surface area contributed by atoms with Gasteiger partial charge in [-0.25, -0.2) is 4.98 Å². The van der Waals surface area contributed by atoms with Crippen LogP contribution in [-0.4, -0.2) is 45.6 Å². The van der Waals surface area contributed by atoms with E-state index >= 15 is 0 Å². The second-order valence-corrected chi connectivity index (χ2v) is 3.49. The maximum atomic E-state index is 11.6. The fraction of sp³-hybridized carbons (Fsp3) is 0.222. The number of aromatic nitrogens is 5. The molecular weight excluding hydrogens is 222 g/mol. The van der Waals surface area contributed by atoms with Crippen molar-refractivity contribution in [1.29, 1.82) is 0 Å². The third kappa shape index (κ3) is 2.54. The Balaban J connectivity index is 2.07. The Kier molecular flexibility index (Phi) is 2.95. The lowest BCUT2D eigenvalue weighted by Gasteiger charge is -2.11. The Morgan fingerprint density at radius 2 is 2.24 bits per heavy atom.